The molecule has 1 amide bonds. The van der Waals surface area contributed by atoms with Gasteiger partial charge >= 0.3 is 12.1 Å². The molecule has 8 nitrogen and oxygen atoms in total. The summed E-state index contributed by atoms with van der Waals surface area (Å²) < 4.78 is 16.2. The minimum atomic E-state index is -0.864. The Bertz CT molecular complexity index is 1120. The predicted molar refractivity (Wildman–Crippen MR) is 120 cm³/mol. The number of benzene rings is 2. The van der Waals surface area contributed by atoms with Crippen LogP contribution in [0.4, 0.5) is 4.79 Å². The molecule has 2 aromatic carbocycles. The second kappa shape index (κ2) is 9.05. The molecule has 33 heavy (non-hydrogen) atoms. The van der Waals surface area contributed by atoms with Gasteiger partial charge in [0.1, 0.15) is 18.2 Å². The van der Waals surface area contributed by atoms with Crippen molar-refractivity contribution in [3.8, 4) is 11.1 Å². The van der Waals surface area contributed by atoms with Gasteiger partial charge in [-0.05, 0) is 49.9 Å². The number of aryl methyl sites for hydroxylation is 1. The van der Waals surface area contributed by atoms with Crippen LogP contribution in [0.25, 0.3) is 11.1 Å². The van der Waals surface area contributed by atoms with Gasteiger partial charge in [0, 0.05) is 5.92 Å². The highest BCUT2D eigenvalue weighted by atomic mass is 16.6. The maximum Gasteiger partial charge on any atom is 0.407 e. The molecule has 1 N–H and O–H groups in total. The third kappa shape index (κ3) is 5.22. The van der Waals surface area contributed by atoms with E-state index in [9.17, 15) is 9.59 Å². The van der Waals surface area contributed by atoms with E-state index in [-0.39, 0.29) is 24.8 Å². The van der Waals surface area contributed by atoms with Gasteiger partial charge < -0.3 is 19.3 Å². The van der Waals surface area contributed by atoms with Crippen LogP contribution in [0.1, 0.15) is 62.0 Å². The molecule has 0 unspecified atom stereocenters. The van der Waals surface area contributed by atoms with Crippen molar-refractivity contribution in [3.63, 3.8) is 0 Å². The molecule has 172 valence electrons. The lowest BCUT2D eigenvalue weighted by molar-refractivity contribution is -0.155. The molecule has 1 aliphatic rings. The number of carbonyl (C=O) groups is 2. The molecule has 3 aromatic rings. The van der Waals surface area contributed by atoms with Gasteiger partial charge in [0.25, 0.3) is 0 Å². The Kier molecular flexibility index (Phi) is 6.18. The number of hydrogen-bond acceptors (Lipinski definition) is 7. The number of rotatable bonds is 6. The normalized spacial score (nSPS) is 13.7. The Hall–Kier alpha value is -3.68. The van der Waals surface area contributed by atoms with E-state index in [4.69, 9.17) is 14.0 Å². The Balaban J connectivity index is 1.45. The summed E-state index contributed by atoms with van der Waals surface area (Å²) in [5, 5.41) is 6.43. The summed E-state index contributed by atoms with van der Waals surface area (Å²) in [6.07, 6.45) is -0.843. The first kappa shape index (κ1) is 22.5. The van der Waals surface area contributed by atoms with Crippen LogP contribution in [-0.4, -0.2) is 34.4 Å². The fourth-order valence-electron chi connectivity index (χ4n) is 3.99. The monoisotopic (exact) mass is 449 g/mol. The number of esters is 1. The zero-order valence-electron chi connectivity index (χ0n) is 19.1. The van der Waals surface area contributed by atoms with Gasteiger partial charge in [-0.15, -0.1) is 0 Å². The third-order valence-electron chi connectivity index (χ3n) is 5.27. The van der Waals surface area contributed by atoms with Crippen molar-refractivity contribution in [2.24, 2.45) is 0 Å². The van der Waals surface area contributed by atoms with Crippen LogP contribution in [0.2, 0.25) is 0 Å². The van der Waals surface area contributed by atoms with Gasteiger partial charge in [0.15, 0.2) is 5.82 Å². The van der Waals surface area contributed by atoms with E-state index >= 15 is 0 Å². The molecule has 1 heterocycles. The van der Waals surface area contributed by atoms with Crippen molar-refractivity contribution in [1.29, 1.82) is 0 Å². The number of alkyl carbamates (subject to hydrolysis) is 1. The smallest absolute Gasteiger partial charge is 0.407 e. The predicted octanol–water partition coefficient (Wildman–Crippen LogP) is 4.69. The maximum absolute atomic E-state index is 12.7. The average Bonchev–Trinajstić information content (AvgIpc) is 3.32. The Morgan fingerprint density at radius 2 is 1.67 bits per heavy atom. The molecule has 8 heteroatoms. The molecule has 0 spiro atoms. The van der Waals surface area contributed by atoms with Gasteiger partial charge in [-0.2, -0.15) is 4.98 Å². The van der Waals surface area contributed by atoms with Crippen molar-refractivity contribution >= 4 is 12.1 Å². The Morgan fingerprint density at radius 1 is 1.06 bits per heavy atom. The highest BCUT2D eigenvalue weighted by Crippen LogP contribution is 2.44. The number of amides is 1. The van der Waals surface area contributed by atoms with Gasteiger partial charge in [0.05, 0.1) is 6.42 Å². The number of fused-ring (bicyclic) bond motifs is 3. The van der Waals surface area contributed by atoms with Crippen molar-refractivity contribution in [3.05, 3.63) is 71.4 Å². The van der Waals surface area contributed by atoms with Crippen molar-refractivity contribution in [2.45, 2.75) is 51.7 Å². The van der Waals surface area contributed by atoms with Crippen LogP contribution >= 0.6 is 0 Å². The van der Waals surface area contributed by atoms with Crippen LogP contribution in [0.15, 0.2) is 53.1 Å². The highest BCUT2D eigenvalue weighted by Gasteiger charge is 2.31. The van der Waals surface area contributed by atoms with E-state index < -0.39 is 23.7 Å². The molecular weight excluding hydrogens is 422 g/mol. The van der Waals surface area contributed by atoms with Crippen LogP contribution in [0, 0.1) is 6.92 Å². The van der Waals surface area contributed by atoms with E-state index in [2.05, 4.69) is 27.6 Å². The molecule has 0 bridgehead atoms. The van der Waals surface area contributed by atoms with Gasteiger partial charge in [-0.25, -0.2) is 4.79 Å². The molecule has 0 saturated heterocycles. The van der Waals surface area contributed by atoms with Crippen LogP contribution in [0.5, 0.6) is 0 Å². The van der Waals surface area contributed by atoms with Crippen molar-refractivity contribution in [1.82, 2.24) is 15.5 Å². The first-order valence-electron chi connectivity index (χ1n) is 10.8. The van der Waals surface area contributed by atoms with E-state index in [1.54, 1.807) is 27.7 Å². The van der Waals surface area contributed by atoms with Gasteiger partial charge in [0.2, 0.25) is 5.89 Å². The number of ether oxygens (including phenoxy) is 2. The van der Waals surface area contributed by atoms with Crippen LogP contribution in [-0.2, 0) is 14.3 Å². The number of hydrogen-bond donors (Lipinski definition) is 1. The van der Waals surface area contributed by atoms with Crippen molar-refractivity contribution < 1.29 is 23.6 Å². The first-order valence-corrected chi connectivity index (χ1v) is 10.8. The molecule has 1 atom stereocenters. The van der Waals surface area contributed by atoms with E-state index in [1.165, 1.54) is 0 Å². The lowest BCUT2D eigenvalue weighted by atomic mass is 9.98. The molecule has 1 aliphatic carbocycles. The average molecular weight is 450 g/mol. The fourth-order valence-corrected chi connectivity index (χ4v) is 3.99. The molecule has 0 fully saturated rings. The fraction of sp³-hybridized carbons (Fsp3) is 0.360. The third-order valence-corrected chi connectivity index (χ3v) is 5.27. The van der Waals surface area contributed by atoms with Crippen LogP contribution < -0.4 is 5.32 Å². The summed E-state index contributed by atoms with van der Waals surface area (Å²) in [7, 11) is 0. The maximum atomic E-state index is 12.7. The highest BCUT2D eigenvalue weighted by molar-refractivity contribution is 5.79. The molecule has 0 saturated carbocycles. The SMILES string of the molecule is Cc1noc([C@H](CC(=O)OC(C)(C)C)NC(=O)OCC2c3ccccc3-c3ccccc32)n1. The summed E-state index contributed by atoms with van der Waals surface area (Å²) in [6.45, 7) is 7.13. The number of nitrogens with one attached hydrogen (secondary N) is 1. The summed E-state index contributed by atoms with van der Waals surface area (Å²) in [5.74, 6) is -0.0548. The molecular formula is C25H27N3O5. The van der Waals surface area contributed by atoms with E-state index in [1.807, 2.05) is 36.4 Å². The lowest BCUT2D eigenvalue weighted by Crippen LogP contribution is -2.33. The first-order chi connectivity index (χ1) is 15.7. The molecule has 0 aliphatic heterocycles. The number of aromatic nitrogens is 2. The summed E-state index contributed by atoms with van der Waals surface area (Å²) >= 11 is 0. The minimum Gasteiger partial charge on any atom is -0.460 e. The van der Waals surface area contributed by atoms with Gasteiger partial charge in [-0.1, -0.05) is 53.7 Å². The van der Waals surface area contributed by atoms with Crippen molar-refractivity contribution in [2.75, 3.05) is 6.61 Å². The van der Waals surface area contributed by atoms with E-state index in [0.717, 1.165) is 22.3 Å². The zero-order chi connectivity index (χ0) is 23.6. The standard InChI is InChI=1S/C25H27N3O5/c1-15-26-23(33-28-15)21(13-22(29)32-25(2,3)4)27-24(30)31-14-20-18-11-7-5-9-16(18)17-10-6-8-12-19(17)20/h5-12,20-21H,13-14H2,1-4H3,(H,27,30)/t21-/m0/s1. The number of nitrogens with zero attached hydrogens (tertiary/aromatic N) is 2. The second-order valence-corrected chi connectivity index (χ2v) is 8.99. The minimum absolute atomic E-state index is 0.0712. The lowest BCUT2D eigenvalue weighted by Gasteiger charge is -2.21. The van der Waals surface area contributed by atoms with Crippen LogP contribution in [0.3, 0.4) is 0 Å². The molecule has 0 radical (unpaired) electrons. The summed E-state index contributed by atoms with van der Waals surface area (Å²) in [5.41, 5.74) is 3.86. The Morgan fingerprint density at radius 3 is 2.21 bits per heavy atom. The topological polar surface area (TPSA) is 104 Å². The summed E-state index contributed by atoms with van der Waals surface area (Å²) in [6, 6.07) is 15.3. The Labute approximate surface area is 192 Å². The molecule has 4 rings (SSSR count). The summed E-state index contributed by atoms with van der Waals surface area (Å²) in [4.78, 5) is 29.2. The van der Waals surface area contributed by atoms with E-state index in [0.29, 0.717) is 5.82 Å². The number of carbonyl (C=O) groups excluding carboxylic acids is 2. The second-order valence-electron chi connectivity index (χ2n) is 8.99. The largest absolute Gasteiger partial charge is 0.460 e. The van der Waals surface area contributed by atoms with Gasteiger partial charge in [-0.3, -0.25) is 4.79 Å². The quantitative estimate of drug-likeness (QED) is 0.545. The molecule has 1 aromatic heterocycles. The zero-order valence-corrected chi connectivity index (χ0v) is 19.1.